The van der Waals surface area contributed by atoms with Crippen molar-refractivity contribution >= 4 is 0 Å². The molecule has 0 rings (SSSR count). The van der Waals surface area contributed by atoms with Crippen molar-refractivity contribution in [1.82, 2.24) is 0 Å². The maximum atomic E-state index is 5.49. The topological polar surface area (TPSA) is 0 Å². The van der Waals surface area contributed by atoms with Crippen molar-refractivity contribution in [3.8, 4) is 47.9 Å². The van der Waals surface area contributed by atoms with E-state index in [1.807, 2.05) is 6.92 Å². The van der Waals surface area contributed by atoms with Gasteiger partial charge < -0.3 is 0 Å². The van der Waals surface area contributed by atoms with Gasteiger partial charge >= 0.3 is 0 Å². The van der Waals surface area contributed by atoms with E-state index in [0.717, 1.165) is 19.3 Å². The van der Waals surface area contributed by atoms with Crippen LogP contribution in [0.3, 0.4) is 0 Å². The summed E-state index contributed by atoms with van der Waals surface area (Å²) >= 11 is 0. The van der Waals surface area contributed by atoms with Crippen LogP contribution in [0, 0.1) is 53.3 Å². The molecule has 0 N–H and O–H groups in total. The van der Waals surface area contributed by atoms with E-state index in [4.69, 9.17) is 6.42 Å². The molecule has 1 atom stereocenters. The smallest absolute Gasteiger partial charge is 0.117 e. The van der Waals surface area contributed by atoms with Crippen LogP contribution in [0.4, 0.5) is 0 Å². The third-order valence-electron chi connectivity index (χ3n) is 1.81. The molecule has 0 heteroatoms. The van der Waals surface area contributed by atoms with Crippen molar-refractivity contribution in [3.63, 3.8) is 0 Å². The van der Waals surface area contributed by atoms with Gasteiger partial charge in [0, 0.05) is 6.42 Å². The van der Waals surface area contributed by atoms with E-state index in [9.17, 15) is 0 Å². The van der Waals surface area contributed by atoms with Gasteiger partial charge in [-0.05, 0) is 25.2 Å². The molecule has 0 aliphatic rings. The quantitative estimate of drug-likeness (QED) is 0.596. The molecule has 1 unspecified atom stereocenters. The normalized spacial score (nSPS) is 11.3. The molecule has 0 aliphatic heterocycles. The third-order valence-corrected chi connectivity index (χ3v) is 1.81. The fraction of sp³-hybridized carbons (Fsp3) is 0.467. The number of terminal acetylenes is 1. The van der Waals surface area contributed by atoms with Crippen molar-refractivity contribution in [1.29, 1.82) is 0 Å². The molecule has 0 saturated carbocycles. The van der Waals surface area contributed by atoms with Crippen LogP contribution >= 0.6 is 0 Å². The Morgan fingerprint density at radius 2 is 1.87 bits per heavy atom. The van der Waals surface area contributed by atoms with Gasteiger partial charge in [-0.3, -0.25) is 0 Å². The number of hydrogen-bond donors (Lipinski definition) is 0. The van der Waals surface area contributed by atoms with Gasteiger partial charge in [0.05, 0.1) is 0 Å². The zero-order chi connectivity index (χ0) is 11.6. The fourth-order valence-electron chi connectivity index (χ4n) is 1.16. The standard InChI is InChI=1S/C15H16/c1-5-9-10-11-14-15(8-4,12-6-2)13-7-3/h4H,5-6,12H2,1-3H3. The lowest BCUT2D eigenvalue weighted by atomic mass is 9.85. The molecular formula is C15H16. The third kappa shape index (κ3) is 4.87. The molecule has 76 valence electrons. The summed E-state index contributed by atoms with van der Waals surface area (Å²) in [5.74, 6) is 20.0. The zero-order valence-corrected chi connectivity index (χ0v) is 9.70. The summed E-state index contributed by atoms with van der Waals surface area (Å²) in [6, 6.07) is 0. The Labute approximate surface area is 93.8 Å². The van der Waals surface area contributed by atoms with Crippen molar-refractivity contribution in [2.75, 3.05) is 0 Å². The van der Waals surface area contributed by atoms with Crippen LogP contribution in [-0.4, -0.2) is 0 Å². The fourth-order valence-corrected chi connectivity index (χ4v) is 1.16. The van der Waals surface area contributed by atoms with Gasteiger partial charge in [0.15, 0.2) is 5.41 Å². The second kappa shape index (κ2) is 7.63. The Kier molecular flexibility index (Phi) is 6.73. The molecule has 0 heterocycles. The van der Waals surface area contributed by atoms with Crippen LogP contribution < -0.4 is 0 Å². The van der Waals surface area contributed by atoms with Gasteiger partial charge in [0.2, 0.25) is 0 Å². The van der Waals surface area contributed by atoms with Gasteiger partial charge in [-0.1, -0.05) is 44.0 Å². The molecule has 0 saturated heterocycles. The zero-order valence-electron chi connectivity index (χ0n) is 9.70. The summed E-state index contributed by atoms with van der Waals surface area (Å²) in [7, 11) is 0. The molecule has 15 heavy (non-hydrogen) atoms. The lowest BCUT2D eigenvalue weighted by Gasteiger charge is -2.13. The highest BCUT2D eigenvalue weighted by Gasteiger charge is 2.20. The van der Waals surface area contributed by atoms with E-state index < -0.39 is 5.41 Å². The highest BCUT2D eigenvalue weighted by atomic mass is 14.2. The minimum Gasteiger partial charge on any atom is -0.117 e. The minimum atomic E-state index is -0.605. The molecular weight excluding hydrogens is 180 g/mol. The average Bonchev–Trinajstić information content (AvgIpc) is 2.25. The first-order chi connectivity index (χ1) is 7.24. The van der Waals surface area contributed by atoms with Crippen molar-refractivity contribution in [2.24, 2.45) is 5.41 Å². The number of hydrogen-bond acceptors (Lipinski definition) is 0. The predicted molar refractivity (Wildman–Crippen MR) is 65.5 cm³/mol. The summed E-state index contributed by atoms with van der Waals surface area (Å²) in [6.07, 6.45) is 8.07. The van der Waals surface area contributed by atoms with Gasteiger partial charge in [0.1, 0.15) is 0 Å². The molecule has 0 aromatic heterocycles. The average molecular weight is 196 g/mol. The van der Waals surface area contributed by atoms with Gasteiger partial charge in [-0.25, -0.2) is 0 Å². The van der Waals surface area contributed by atoms with Crippen LogP contribution in [0.5, 0.6) is 0 Å². The van der Waals surface area contributed by atoms with E-state index in [1.165, 1.54) is 0 Å². The summed E-state index contributed by atoms with van der Waals surface area (Å²) in [4.78, 5) is 0. The lowest BCUT2D eigenvalue weighted by Crippen LogP contribution is -2.12. The second-order valence-corrected chi connectivity index (χ2v) is 3.08. The van der Waals surface area contributed by atoms with Gasteiger partial charge in [-0.15, -0.1) is 12.3 Å². The second-order valence-electron chi connectivity index (χ2n) is 3.08. The monoisotopic (exact) mass is 196 g/mol. The maximum absolute atomic E-state index is 5.49. The van der Waals surface area contributed by atoms with E-state index in [1.54, 1.807) is 6.92 Å². The van der Waals surface area contributed by atoms with Crippen LogP contribution in [0.15, 0.2) is 0 Å². The van der Waals surface area contributed by atoms with Gasteiger partial charge in [0.25, 0.3) is 0 Å². The molecule has 0 fully saturated rings. The van der Waals surface area contributed by atoms with Gasteiger partial charge in [-0.2, -0.15) is 0 Å². The largest absolute Gasteiger partial charge is 0.152 e. The van der Waals surface area contributed by atoms with Crippen molar-refractivity contribution in [2.45, 2.75) is 40.0 Å². The lowest BCUT2D eigenvalue weighted by molar-refractivity contribution is 0.616. The first kappa shape index (κ1) is 13.2. The molecule has 0 aromatic carbocycles. The van der Waals surface area contributed by atoms with E-state index in [2.05, 4.69) is 48.4 Å². The molecule has 0 spiro atoms. The molecule has 0 aliphatic carbocycles. The molecule has 0 aromatic rings. The summed E-state index contributed by atoms with van der Waals surface area (Å²) < 4.78 is 0. The Morgan fingerprint density at radius 1 is 1.13 bits per heavy atom. The first-order valence-corrected chi connectivity index (χ1v) is 5.16. The van der Waals surface area contributed by atoms with E-state index in [0.29, 0.717) is 0 Å². The van der Waals surface area contributed by atoms with Crippen molar-refractivity contribution < 1.29 is 0 Å². The highest BCUT2D eigenvalue weighted by molar-refractivity contribution is 5.41. The predicted octanol–water partition coefficient (Wildman–Crippen LogP) is 2.85. The molecule has 0 bridgehead atoms. The van der Waals surface area contributed by atoms with Crippen LogP contribution in [0.25, 0.3) is 0 Å². The molecule has 0 radical (unpaired) electrons. The molecule has 0 amide bonds. The van der Waals surface area contributed by atoms with E-state index in [-0.39, 0.29) is 0 Å². The summed E-state index contributed by atoms with van der Waals surface area (Å²) in [6.45, 7) is 5.84. The van der Waals surface area contributed by atoms with E-state index >= 15 is 0 Å². The molecule has 0 nitrogen and oxygen atoms in total. The Balaban J connectivity index is 4.97. The van der Waals surface area contributed by atoms with Crippen LogP contribution in [0.1, 0.15) is 40.0 Å². The highest BCUT2D eigenvalue weighted by Crippen LogP contribution is 2.20. The van der Waals surface area contributed by atoms with Crippen LogP contribution in [0.2, 0.25) is 0 Å². The summed E-state index contributed by atoms with van der Waals surface area (Å²) in [5, 5.41) is 0. The minimum absolute atomic E-state index is 0.605. The first-order valence-electron chi connectivity index (χ1n) is 5.16. The SMILES string of the molecule is C#CC(C#CC)(C#CC#CCC)CCC. The van der Waals surface area contributed by atoms with Crippen LogP contribution in [-0.2, 0) is 0 Å². The summed E-state index contributed by atoms with van der Waals surface area (Å²) in [5.41, 5.74) is -0.605. The Morgan fingerprint density at radius 3 is 2.33 bits per heavy atom. The van der Waals surface area contributed by atoms with Crippen molar-refractivity contribution in [3.05, 3.63) is 0 Å². The Bertz CT molecular complexity index is 401. The Hall–Kier alpha value is -1.76. The number of rotatable bonds is 2. The maximum Gasteiger partial charge on any atom is 0.152 e.